The Morgan fingerprint density at radius 2 is 1.75 bits per heavy atom. The number of para-hydroxylation sites is 2. The van der Waals surface area contributed by atoms with E-state index < -0.39 is 0 Å². The minimum Gasteiger partial charge on any atom is -0.506 e. The number of benzene rings is 1. The molecule has 0 fully saturated rings. The van der Waals surface area contributed by atoms with Crippen molar-refractivity contribution in [3.8, 4) is 11.4 Å². The SMILES string of the molecule is Cc1c(C)n(-c2ccccc2O)c(=O)n1C. The third-order valence-corrected chi connectivity index (χ3v) is 2.96. The van der Waals surface area contributed by atoms with E-state index in [2.05, 4.69) is 0 Å². The molecule has 0 unspecified atom stereocenters. The maximum absolute atomic E-state index is 12.0. The quantitative estimate of drug-likeness (QED) is 0.788. The summed E-state index contributed by atoms with van der Waals surface area (Å²) in [6, 6.07) is 6.82. The molecule has 84 valence electrons. The van der Waals surface area contributed by atoms with Crippen molar-refractivity contribution in [2.45, 2.75) is 13.8 Å². The molecule has 1 N–H and O–H groups in total. The molecule has 0 spiro atoms. The van der Waals surface area contributed by atoms with Crippen LogP contribution >= 0.6 is 0 Å². The van der Waals surface area contributed by atoms with E-state index in [4.69, 9.17) is 0 Å². The van der Waals surface area contributed by atoms with Gasteiger partial charge in [-0.15, -0.1) is 0 Å². The molecule has 0 saturated carbocycles. The first-order valence-electron chi connectivity index (χ1n) is 5.07. The summed E-state index contributed by atoms with van der Waals surface area (Å²) in [4.78, 5) is 12.0. The van der Waals surface area contributed by atoms with Crippen LogP contribution < -0.4 is 5.69 Å². The van der Waals surface area contributed by atoms with Crippen molar-refractivity contribution in [2.24, 2.45) is 7.05 Å². The summed E-state index contributed by atoms with van der Waals surface area (Å²) in [5.41, 5.74) is 2.12. The predicted molar refractivity (Wildman–Crippen MR) is 62.1 cm³/mol. The van der Waals surface area contributed by atoms with Gasteiger partial charge in [0.1, 0.15) is 5.75 Å². The molecule has 2 aromatic rings. The monoisotopic (exact) mass is 218 g/mol. The predicted octanol–water partition coefficient (Wildman–Crippen LogP) is 1.50. The van der Waals surface area contributed by atoms with Gasteiger partial charge in [-0.05, 0) is 26.0 Å². The fraction of sp³-hybridized carbons (Fsp3) is 0.250. The van der Waals surface area contributed by atoms with Gasteiger partial charge in [0.25, 0.3) is 0 Å². The van der Waals surface area contributed by atoms with Gasteiger partial charge in [-0.3, -0.25) is 9.13 Å². The molecule has 0 radical (unpaired) electrons. The van der Waals surface area contributed by atoms with Gasteiger partial charge >= 0.3 is 5.69 Å². The summed E-state index contributed by atoms with van der Waals surface area (Å²) < 4.78 is 3.09. The third-order valence-electron chi connectivity index (χ3n) is 2.96. The topological polar surface area (TPSA) is 47.2 Å². The minimum absolute atomic E-state index is 0.110. The summed E-state index contributed by atoms with van der Waals surface area (Å²) in [5, 5.41) is 9.74. The van der Waals surface area contributed by atoms with Gasteiger partial charge in [0.05, 0.1) is 5.69 Å². The summed E-state index contributed by atoms with van der Waals surface area (Å²) in [5.74, 6) is 0.110. The van der Waals surface area contributed by atoms with Crippen LogP contribution in [0.4, 0.5) is 0 Å². The highest BCUT2D eigenvalue weighted by Crippen LogP contribution is 2.21. The Bertz CT molecular complexity index is 594. The molecule has 0 atom stereocenters. The molecule has 0 aliphatic heterocycles. The summed E-state index contributed by atoms with van der Waals surface area (Å²) in [6.07, 6.45) is 0. The zero-order chi connectivity index (χ0) is 11.9. The van der Waals surface area contributed by atoms with Crippen LogP contribution in [0, 0.1) is 13.8 Å². The number of aromatic hydroxyl groups is 1. The summed E-state index contributed by atoms with van der Waals surface area (Å²) >= 11 is 0. The Hall–Kier alpha value is -1.97. The number of imidazole rings is 1. The van der Waals surface area contributed by atoms with Crippen LogP contribution in [0.3, 0.4) is 0 Å². The molecule has 16 heavy (non-hydrogen) atoms. The van der Waals surface area contributed by atoms with Gasteiger partial charge in [-0.2, -0.15) is 0 Å². The van der Waals surface area contributed by atoms with Gasteiger partial charge in [0.2, 0.25) is 0 Å². The molecule has 1 aromatic carbocycles. The van der Waals surface area contributed by atoms with Crippen molar-refractivity contribution in [1.29, 1.82) is 0 Å². The van der Waals surface area contributed by atoms with Crippen LogP contribution in [0.5, 0.6) is 5.75 Å². The van der Waals surface area contributed by atoms with Gasteiger partial charge < -0.3 is 5.11 Å². The first-order chi connectivity index (χ1) is 7.54. The van der Waals surface area contributed by atoms with E-state index in [0.29, 0.717) is 5.69 Å². The lowest BCUT2D eigenvalue weighted by molar-refractivity contribution is 0.471. The second kappa shape index (κ2) is 3.56. The molecule has 0 bridgehead atoms. The first kappa shape index (κ1) is 10.5. The fourth-order valence-electron chi connectivity index (χ4n) is 1.78. The number of nitrogens with zero attached hydrogens (tertiary/aromatic N) is 2. The molecular formula is C12H14N2O2. The maximum atomic E-state index is 12.0. The number of hydrogen-bond donors (Lipinski definition) is 1. The fourth-order valence-corrected chi connectivity index (χ4v) is 1.78. The molecule has 1 heterocycles. The Morgan fingerprint density at radius 3 is 2.25 bits per heavy atom. The third kappa shape index (κ3) is 1.34. The highest BCUT2D eigenvalue weighted by atomic mass is 16.3. The zero-order valence-corrected chi connectivity index (χ0v) is 9.56. The molecule has 0 aliphatic rings. The van der Waals surface area contributed by atoms with Gasteiger partial charge in [-0.25, -0.2) is 4.79 Å². The van der Waals surface area contributed by atoms with Crippen molar-refractivity contribution in [1.82, 2.24) is 9.13 Å². The van der Waals surface area contributed by atoms with E-state index >= 15 is 0 Å². The molecule has 4 heteroatoms. The number of phenols is 1. The van der Waals surface area contributed by atoms with E-state index in [0.717, 1.165) is 11.4 Å². The molecule has 1 aromatic heterocycles. The van der Waals surface area contributed by atoms with E-state index in [9.17, 15) is 9.90 Å². The van der Waals surface area contributed by atoms with Gasteiger partial charge in [-0.1, -0.05) is 12.1 Å². The Labute approximate surface area is 93.4 Å². The average Bonchev–Trinajstić information content (AvgIpc) is 2.45. The normalized spacial score (nSPS) is 10.7. The first-order valence-corrected chi connectivity index (χ1v) is 5.07. The molecule has 0 saturated heterocycles. The lowest BCUT2D eigenvalue weighted by Gasteiger charge is -2.06. The number of rotatable bonds is 1. The van der Waals surface area contributed by atoms with E-state index in [1.54, 1.807) is 35.9 Å². The van der Waals surface area contributed by atoms with E-state index in [1.807, 2.05) is 13.8 Å². The van der Waals surface area contributed by atoms with Crippen LogP contribution in [0.1, 0.15) is 11.4 Å². The van der Waals surface area contributed by atoms with Crippen molar-refractivity contribution in [3.63, 3.8) is 0 Å². The highest BCUT2D eigenvalue weighted by molar-refractivity contribution is 5.47. The Morgan fingerprint density at radius 1 is 1.12 bits per heavy atom. The van der Waals surface area contributed by atoms with Crippen molar-refractivity contribution < 1.29 is 5.11 Å². The molecular weight excluding hydrogens is 204 g/mol. The Kier molecular flexibility index (Phi) is 2.34. The minimum atomic E-state index is -0.142. The lowest BCUT2D eigenvalue weighted by atomic mass is 10.2. The van der Waals surface area contributed by atoms with Crippen LogP contribution in [-0.2, 0) is 7.05 Å². The largest absolute Gasteiger partial charge is 0.506 e. The van der Waals surface area contributed by atoms with Crippen LogP contribution in [0.15, 0.2) is 29.1 Å². The second-order valence-corrected chi connectivity index (χ2v) is 3.84. The molecule has 4 nitrogen and oxygen atoms in total. The van der Waals surface area contributed by atoms with Crippen LogP contribution in [0.2, 0.25) is 0 Å². The average molecular weight is 218 g/mol. The summed E-state index contributed by atoms with van der Waals surface area (Å²) in [6.45, 7) is 3.75. The summed E-state index contributed by atoms with van der Waals surface area (Å²) in [7, 11) is 1.72. The lowest BCUT2D eigenvalue weighted by Crippen LogP contribution is -2.21. The zero-order valence-electron chi connectivity index (χ0n) is 9.56. The van der Waals surface area contributed by atoms with Gasteiger partial charge in [0, 0.05) is 18.4 Å². The standard InChI is InChI=1S/C12H14N2O2/c1-8-9(2)14(12(16)13(8)3)10-6-4-5-7-11(10)15/h4-7,15H,1-3H3. The van der Waals surface area contributed by atoms with Crippen molar-refractivity contribution in [2.75, 3.05) is 0 Å². The Balaban J connectivity index is 2.80. The van der Waals surface area contributed by atoms with Crippen LogP contribution in [-0.4, -0.2) is 14.2 Å². The van der Waals surface area contributed by atoms with Crippen molar-refractivity contribution >= 4 is 0 Å². The number of hydrogen-bond acceptors (Lipinski definition) is 2. The molecule has 0 aliphatic carbocycles. The molecule has 2 rings (SSSR count). The molecule has 0 amide bonds. The smallest absolute Gasteiger partial charge is 0.333 e. The number of phenolic OH excluding ortho intramolecular Hbond substituents is 1. The van der Waals surface area contributed by atoms with E-state index in [1.165, 1.54) is 4.57 Å². The maximum Gasteiger partial charge on any atom is 0.333 e. The number of aromatic nitrogens is 2. The van der Waals surface area contributed by atoms with Gasteiger partial charge in [0.15, 0.2) is 0 Å². The second-order valence-electron chi connectivity index (χ2n) is 3.84. The van der Waals surface area contributed by atoms with Crippen LogP contribution in [0.25, 0.3) is 5.69 Å². The van der Waals surface area contributed by atoms with Crippen molar-refractivity contribution in [3.05, 3.63) is 46.1 Å². The highest BCUT2D eigenvalue weighted by Gasteiger charge is 2.14. The van der Waals surface area contributed by atoms with E-state index in [-0.39, 0.29) is 11.4 Å².